The molecule has 1 saturated heterocycles. The van der Waals surface area contributed by atoms with Crippen LogP contribution in [-0.2, 0) is 9.47 Å². The molecule has 0 aliphatic carbocycles. The number of hydrogen-bond donors (Lipinski definition) is 0. The highest BCUT2D eigenvalue weighted by molar-refractivity contribution is 5.89. The van der Waals surface area contributed by atoms with Crippen LogP contribution in [0.25, 0.3) is 0 Å². The Balaban J connectivity index is 1.81. The van der Waals surface area contributed by atoms with Crippen LogP contribution in [0.5, 0.6) is 0 Å². The average molecular weight is 266 g/mol. The zero-order valence-corrected chi connectivity index (χ0v) is 11.0. The van der Waals surface area contributed by atoms with Gasteiger partial charge in [-0.2, -0.15) is 0 Å². The summed E-state index contributed by atoms with van der Waals surface area (Å²) in [5, 5.41) is 0. The van der Waals surface area contributed by atoms with E-state index >= 15 is 0 Å². The van der Waals surface area contributed by atoms with Crippen molar-refractivity contribution in [2.45, 2.75) is 32.0 Å². The van der Waals surface area contributed by atoms with E-state index in [9.17, 15) is 9.18 Å². The molecular weight excluding hydrogens is 247 g/mol. The number of esters is 1. The predicted molar refractivity (Wildman–Crippen MR) is 69.8 cm³/mol. The van der Waals surface area contributed by atoms with Crippen molar-refractivity contribution in [1.82, 2.24) is 0 Å². The first-order valence-corrected chi connectivity index (χ1v) is 6.68. The minimum Gasteiger partial charge on any atom is -0.459 e. The zero-order valence-electron chi connectivity index (χ0n) is 11.0. The smallest absolute Gasteiger partial charge is 0.338 e. The molecule has 2 rings (SSSR count). The number of rotatable bonds is 4. The van der Waals surface area contributed by atoms with Crippen molar-refractivity contribution in [2.24, 2.45) is 5.92 Å². The molecule has 1 aromatic carbocycles. The van der Waals surface area contributed by atoms with Gasteiger partial charge in [0.15, 0.2) is 0 Å². The highest BCUT2D eigenvalue weighted by atomic mass is 19.1. The first kappa shape index (κ1) is 14.0. The normalized spacial score (nSPS) is 26.9. The summed E-state index contributed by atoms with van der Waals surface area (Å²) in [6.07, 6.45) is 0.309. The molecular formula is C15H19FO3. The van der Waals surface area contributed by atoms with Crippen molar-refractivity contribution in [3.05, 3.63) is 35.9 Å². The lowest BCUT2D eigenvalue weighted by atomic mass is 9.92. The van der Waals surface area contributed by atoms with E-state index in [-0.39, 0.29) is 31.2 Å². The second-order valence-corrected chi connectivity index (χ2v) is 4.84. The molecule has 104 valence electrons. The Morgan fingerprint density at radius 1 is 1.42 bits per heavy atom. The number of carbonyl (C=O) groups is 1. The van der Waals surface area contributed by atoms with Gasteiger partial charge in [-0.15, -0.1) is 0 Å². The third-order valence-corrected chi connectivity index (χ3v) is 3.50. The minimum atomic E-state index is -0.897. The van der Waals surface area contributed by atoms with Gasteiger partial charge < -0.3 is 9.47 Å². The summed E-state index contributed by atoms with van der Waals surface area (Å²) in [5.74, 6) is -0.353. The molecule has 0 amide bonds. The Hall–Kier alpha value is -1.42. The van der Waals surface area contributed by atoms with E-state index in [1.54, 1.807) is 24.3 Å². The standard InChI is InChI=1S/C15H19FO3/c1-2-11-8-13(18-10-14(11)16)9-19-15(17)12-6-4-3-5-7-12/h3-7,11,13-14H,2,8-10H2,1H3/t11?,13-,14?/m0/s1. The molecule has 1 heterocycles. The van der Waals surface area contributed by atoms with Crippen LogP contribution in [0.15, 0.2) is 30.3 Å². The van der Waals surface area contributed by atoms with Crippen LogP contribution in [-0.4, -0.2) is 31.5 Å². The lowest BCUT2D eigenvalue weighted by Gasteiger charge is -2.31. The third-order valence-electron chi connectivity index (χ3n) is 3.50. The summed E-state index contributed by atoms with van der Waals surface area (Å²) >= 11 is 0. The minimum absolute atomic E-state index is 0.00850. The van der Waals surface area contributed by atoms with Crippen LogP contribution in [0, 0.1) is 5.92 Å². The molecule has 0 spiro atoms. The van der Waals surface area contributed by atoms with Crippen molar-refractivity contribution in [3.8, 4) is 0 Å². The molecule has 0 saturated carbocycles. The molecule has 3 nitrogen and oxygen atoms in total. The third kappa shape index (κ3) is 3.77. The summed E-state index contributed by atoms with van der Waals surface area (Å²) in [6, 6.07) is 8.82. The number of hydrogen-bond acceptors (Lipinski definition) is 3. The number of halogens is 1. The number of carbonyl (C=O) groups excluding carboxylic acids is 1. The van der Waals surface area contributed by atoms with Crippen molar-refractivity contribution in [1.29, 1.82) is 0 Å². The summed E-state index contributed by atoms with van der Waals surface area (Å²) in [5.41, 5.74) is 0.522. The van der Waals surface area contributed by atoms with Gasteiger partial charge in [0.1, 0.15) is 12.8 Å². The van der Waals surface area contributed by atoms with Gasteiger partial charge in [0, 0.05) is 0 Å². The summed E-state index contributed by atoms with van der Waals surface area (Å²) < 4.78 is 24.0. The molecule has 4 heteroatoms. The van der Waals surface area contributed by atoms with E-state index in [0.717, 1.165) is 6.42 Å². The zero-order chi connectivity index (χ0) is 13.7. The van der Waals surface area contributed by atoms with Gasteiger partial charge in [-0.1, -0.05) is 31.5 Å². The quantitative estimate of drug-likeness (QED) is 0.786. The maximum atomic E-state index is 13.5. The van der Waals surface area contributed by atoms with Crippen LogP contribution < -0.4 is 0 Å². The fourth-order valence-electron chi connectivity index (χ4n) is 2.28. The molecule has 3 atom stereocenters. The number of alkyl halides is 1. The van der Waals surface area contributed by atoms with E-state index in [1.807, 2.05) is 13.0 Å². The molecule has 1 aliphatic rings. The predicted octanol–water partition coefficient (Wildman–Crippen LogP) is 3.00. The number of benzene rings is 1. The molecule has 1 aromatic rings. The second-order valence-electron chi connectivity index (χ2n) is 4.84. The topological polar surface area (TPSA) is 35.5 Å². The molecule has 1 aliphatic heterocycles. The Labute approximate surface area is 112 Å². The Morgan fingerprint density at radius 2 is 2.16 bits per heavy atom. The first-order valence-electron chi connectivity index (χ1n) is 6.68. The lowest BCUT2D eigenvalue weighted by Crippen LogP contribution is -2.37. The fourth-order valence-corrected chi connectivity index (χ4v) is 2.28. The van der Waals surface area contributed by atoms with Crippen LogP contribution in [0.4, 0.5) is 4.39 Å². The second kappa shape index (κ2) is 6.66. The number of ether oxygens (including phenoxy) is 2. The van der Waals surface area contributed by atoms with Gasteiger partial charge in [0.2, 0.25) is 0 Å². The van der Waals surface area contributed by atoms with Crippen molar-refractivity contribution >= 4 is 5.97 Å². The fraction of sp³-hybridized carbons (Fsp3) is 0.533. The van der Waals surface area contributed by atoms with Crippen molar-refractivity contribution < 1.29 is 18.7 Å². The van der Waals surface area contributed by atoms with E-state index in [1.165, 1.54) is 0 Å². The van der Waals surface area contributed by atoms with E-state index < -0.39 is 6.17 Å². The Bertz CT molecular complexity index is 407. The molecule has 1 fully saturated rings. The van der Waals surface area contributed by atoms with Gasteiger partial charge in [-0.25, -0.2) is 9.18 Å². The van der Waals surface area contributed by atoms with Crippen LogP contribution in [0.2, 0.25) is 0 Å². The molecule has 19 heavy (non-hydrogen) atoms. The monoisotopic (exact) mass is 266 g/mol. The molecule has 0 bridgehead atoms. The average Bonchev–Trinajstić information content (AvgIpc) is 2.47. The van der Waals surface area contributed by atoms with Gasteiger partial charge in [-0.3, -0.25) is 0 Å². The molecule has 0 N–H and O–H groups in total. The largest absolute Gasteiger partial charge is 0.459 e. The molecule has 2 unspecified atom stereocenters. The van der Waals surface area contributed by atoms with Gasteiger partial charge in [0.05, 0.1) is 18.3 Å². The van der Waals surface area contributed by atoms with Crippen molar-refractivity contribution in [3.63, 3.8) is 0 Å². The maximum absolute atomic E-state index is 13.5. The Kier molecular flexibility index (Phi) is 4.91. The Morgan fingerprint density at radius 3 is 2.84 bits per heavy atom. The van der Waals surface area contributed by atoms with Gasteiger partial charge in [-0.05, 0) is 24.5 Å². The summed E-state index contributed by atoms with van der Waals surface area (Å²) in [7, 11) is 0. The van der Waals surface area contributed by atoms with E-state index in [0.29, 0.717) is 12.0 Å². The summed E-state index contributed by atoms with van der Waals surface area (Å²) in [6.45, 7) is 2.26. The van der Waals surface area contributed by atoms with E-state index in [4.69, 9.17) is 9.47 Å². The van der Waals surface area contributed by atoms with Crippen LogP contribution >= 0.6 is 0 Å². The lowest BCUT2D eigenvalue weighted by molar-refractivity contribution is -0.0815. The van der Waals surface area contributed by atoms with Crippen LogP contribution in [0.3, 0.4) is 0 Å². The SMILES string of the molecule is CCC1C[C@@H](COC(=O)c2ccccc2)OCC1F. The molecule has 0 radical (unpaired) electrons. The van der Waals surface area contributed by atoms with Crippen LogP contribution in [0.1, 0.15) is 30.1 Å². The molecule has 0 aromatic heterocycles. The van der Waals surface area contributed by atoms with E-state index in [2.05, 4.69) is 0 Å². The highest BCUT2D eigenvalue weighted by Crippen LogP contribution is 2.26. The highest BCUT2D eigenvalue weighted by Gasteiger charge is 2.30. The summed E-state index contributed by atoms with van der Waals surface area (Å²) in [4.78, 5) is 11.8. The van der Waals surface area contributed by atoms with Gasteiger partial charge in [0.25, 0.3) is 0 Å². The van der Waals surface area contributed by atoms with Gasteiger partial charge >= 0.3 is 5.97 Å². The maximum Gasteiger partial charge on any atom is 0.338 e. The van der Waals surface area contributed by atoms with Crippen molar-refractivity contribution in [2.75, 3.05) is 13.2 Å². The first-order chi connectivity index (χ1) is 9.20.